The summed E-state index contributed by atoms with van der Waals surface area (Å²) in [5, 5.41) is 10.2. The Morgan fingerprint density at radius 2 is 1.81 bits per heavy atom. The van der Waals surface area contributed by atoms with Crippen LogP contribution in [0, 0.1) is 25.2 Å². The summed E-state index contributed by atoms with van der Waals surface area (Å²) >= 11 is 6.20. The van der Waals surface area contributed by atoms with Crippen molar-refractivity contribution < 1.29 is 14.3 Å². The largest absolute Gasteiger partial charge is 0.490 e. The lowest BCUT2D eigenvalue weighted by molar-refractivity contribution is -0.113. The summed E-state index contributed by atoms with van der Waals surface area (Å²) in [5.41, 5.74) is 5.96. The van der Waals surface area contributed by atoms with Crippen molar-refractivity contribution >= 4 is 23.6 Å². The first-order valence-electron chi connectivity index (χ1n) is 10.1. The molecule has 3 aromatic rings. The predicted molar refractivity (Wildman–Crippen MR) is 125 cm³/mol. The second kappa shape index (κ2) is 10.6. The maximum absolute atomic E-state index is 12.6. The standard InChI is InChI=1S/C25H24ClN3O3/c1-4-31-24-14-19(11-12-23(24)32-16-20-7-5-6-8-22(20)26)13-21(15-27)25(30)28-29-17(2)9-10-18(29)3/h5-14H,4,16H2,1-3H3,(H,28,30)/b21-13-. The molecular weight excluding hydrogens is 426 g/mol. The van der Waals surface area contributed by atoms with Crippen LogP contribution in [0.25, 0.3) is 6.08 Å². The van der Waals surface area contributed by atoms with Gasteiger partial charge in [-0.05, 0) is 62.7 Å². The van der Waals surface area contributed by atoms with Crippen molar-refractivity contribution in [2.45, 2.75) is 27.4 Å². The zero-order valence-corrected chi connectivity index (χ0v) is 18.9. The lowest BCUT2D eigenvalue weighted by Crippen LogP contribution is -2.25. The van der Waals surface area contributed by atoms with Crippen molar-refractivity contribution in [1.29, 1.82) is 5.26 Å². The SMILES string of the molecule is CCOc1cc(/C=C(/C#N)C(=O)Nn2c(C)ccc2C)ccc1OCc1ccccc1Cl. The van der Waals surface area contributed by atoms with Gasteiger partial charge in [0.15, 0.2) is 11.5 Å². The highest BCUT2D eigenvalue weighted by Gasteiger charge is 2.13. The Kier molecular flexibility index (Phi) is 7.58. The molecular formula is C25H24ClN3O3. The number of rotatable bonds is 8. The molecule has 0 saturated heterocycles. The topological polar surface area (TPSA) is 76.3 Å². The molecule has 3 rings (SSSR count). The summed E-state index contributed by atoms with van der Waals surface area (Å²) in [7, 11) is 0. The number of carbonyl (C=O) groups excluding carboxylic acids is 1. The van der Waals surface area contributed by atoms with Crippen LogP contribution in [0.4, 0.5) is 0 Å². The molecule has 1 heterocycles. The fraction of sp³-hybridized carbons (Fsp3) is 0.200. The molecule has 1 aromatic heterocycles. The number of aromatic nitrogens is 1. The van der Waals surface area contributed by atoms with Gasteiger partial charge in [0.05, 0.1) is 6.61 Å². The van der Waals surface area contributed by atoms with Crippen molar-refractivity contribution in [3.63, 3.8) is 0 Å². The third kappa shape index (κ3) is 5.51. The summed E-state index contributed by atoms with van der Waals surface area (Å²) in [5.74, 6) is 0.570. The number of nitriles is 1. The third-order valence-corrected chi connectivity index (χ3v) is 5.14. The van der Waals surface area contributed by atoms with Crippen molar-refractivity contribution in [3.05, 3.63) is 87.7 Å². The Bertz CT molecular complexity index is 1170. The molecule has 0 aliphatic carbocycles. The highest BCUT2D eigenvalue weighted by Crippen LogP contribution is 2.31. The van der Waals surface area contributed by atoms with Gasteiger partial charge in [0.1, 0.15) is 18.2 Å². The highest BCUT2D eigenvalue weighted by atomic mass is 35.5. The van der Waals surface area contributed by atoms with Crippen molar-refractivity contribution in [3.8, 4) is 17.6 Å². The van der Waals surface area contributed by atoms with Gasteiger partial charge in [0.25, 0.3) is 5.91 Å². The first-order valence-corrected chi connectivity index (χ1v) is 10.5. The average Bonchev–Trinajstić information content (AvgIpc) is 3.10. The van der Waals surface area contributed by atoms with Crippen LogP contribution in [0.2, 0.25) is 5.02 Å². The van der Waals surface area contributed by atoms with E-state index in [4.69, 9.17) is 21.1 Å². The van der Waals surface area contributed by atoms with E-state index in [0.717, 1.165) is 17.0 Å². The van der Waals surface area contributed by atoms with Gasteiger partial charge in [0, 0.05) is 22.0 Å². The van der Waals surface area contributed by atoms with Gasteiger partial charge in [0.2, 0.25) is 0 Å². The van der Waals surface area contributed by atoms with Crippen LogP contribution in [-0.2, 0) is 11.4 Å². The van der Waals surface area contributed by atoms with Gasteiger partial charge in [-0.1, -0.05) is 35.9 Å². The third-order valence-electron chi connectivity index (χ3n) is 4.77. The van der Waals surface area contributed by atoms with E-state index in [1.807, 2.05) is 63.2 Å². The Hall–Kier alpha value is -3.69. The normalized spacial score (nSPS) is 11.0. The summed E-state index contributed by atoms with van der Waals surface area (Å²) in [6.07, 6.45) is 1.52. The van der Waals surface area contributed by atoms with Gasteiger partial charge in [-0.25, -0.2) is 0 Å². The minimum Gasteiger partial charge on any atom is -0.490 e. The number of benzene rings is 2. The number of hydrogen-bond donors (Lipinski definition) is 1. The van der Waals surface area contributed by atoms with E-state index in [9.17, 15) is 10.1 Å². The van der Waals surface area contributed by atoms with E-state index in [0.29, 0.717) is 28.7 Å². The van der Waals surface area contributed by atoms with Crippen LogP contribution in [-0.4, -0.2) is 17.2 Å². The molecule has 0 atom stereocenters. The zero-order valence-electron chi connectivity index (χ0n) is 18.2. The quantitative estimate of drug-likeness (QED) is 0.368. The van der Waals surface area contributed by atoms with E-state index in [-0.39, 0.29) is 12.2 Å². The van der Waals surface area contributed by atoms with Crippen LogP contribution >= 0.6 is 11.6 Å². The van der Waals surface area contributed by atoms with Gasteiger partial charge in [-0.3, -0.25) is 14.9 Å². The van der Waals surface area contributed by atoms with Crippen LogP contribution in [0.3, 0.4) is 0 Å². The summed E-state index contributed by atoms with van der Waals surface area (Å²) in [6, 6.07) is 18.5. The van der Waals surface area contributed by atoms with E-state index in [2.05, 4.69) is 5.43 Å². The lowest BCUT2D eigenvalue weighted by Gasteiger charge is -2.14. The number of halogens is 1. The average molecular weight is 450 g/mol. The molecule has 0 aliphatic rings. The molecule has 0 unspecified atom stereocenters. The first kappa shape index (κ1) is 23.0. The van der Waals surface area contributed by atoms with Gasteiger partial charge >= 0.3 is 0 Å². The summed E-state index contributed by atoms with van der Waals surface area (Å²) in [6.45, 7) is 6.34. The molecule has 0 radical (unpaired) electrons. The van der Waals surface area contributed by atoms with Gasteiger partial charge in [-0.2, -0.15) is 5.26 Å². The van der Waals surface area contributed by atoms with Gasteiger partial charge in [-0.15, -0.1) is 0 Å². The van der Waals surface area contributed by atoms with Crippen molar-refractivity contribution in [2.24, 2.45) is 0 Å². The molecule has 0 saturated carbocycles. The molecule has 6 nitrogen and oxygen atoms in total. The Balaban J connectivity index is 1.81. The number of nitrogens with one attached hydrogen (secondary N) is 1. The van der Waals surface area contributed by atoms with Crippen LogP contribution in [0.1, 0.15) is 29.4 Å². The van der Waals surface area contributed by atoms with Crippen LogP contribution in [0.15, 0.2) is 60.2 Å². The lowest BCUT2D eigenvalue weighted by atomic mass is 10.1. The second-order valence-electron chi connectivity index (χ2n) is 7.08. The second-order valence-corrected chi connectivity index (χ2v) is 7.49. The minimum absolute atomic E-state index is 0.0234. The number of hydrogen-bond acceptors (Lipinski definition) is 4. The van der Waals surface area contributed by atoms with E-state index >= 15 is 0 Å². The summed E-state index contributed by atoms with van der Waals surface area (Å²) < 4.78 is 13.3. The Morgan fingerprint density at radius 3 is 2.47 bits per heavy atom. The smallest absolute Gasteiger partial charge is 0.280 e. The first-order chi connectivity index (χ1) is 15.4. The molecule has 2 aromatic carbocycles. The fourth-order valence-corrected chi connectivity index (χ4v) is 3.29. The summed E-state index contributed by atoms with van der Waals surface area (Å²) in [4.78, 5) is 12.6. The molecule has 1 amide bonds. The predicted octanol–water partition coefficient (Wildman–Crippen LogP) is 5.41. The molecule has 0 aliphatic heterocycles. The van der Waals surface area contributed by atoms with Crippen LogP contribution < -0.4 is 14.9 Å². The molecule has 164 valence electrons. The maximum atomic E-state index is 12.6. The van der Waals surface area contributed by atoms with E-state index in [1.54, 1.807) is 22.9 Å². The van der Waals surface area contributed by atoms with Crippen molar-refractivity contribution in [1.82, 2.24) is 4.68 Å². The number of nitrogens with zero attached hydrogens (tertiary/aromatic N) is 2. The molecule has 0 bridgehead atoms. The number of amides is 1. The molecule has 32 heavy (non-hydrogen) atoms. The molecule has 0 fully saturated rings. The molecule has 0 spiro atoms. The fourth-order valence-electron chi connectivity index (χ4n) is 3.09. The minimum atomic E-state index is -0.494. The molecule has 1 N–H and O–H groups in total. The van der Waals surface area contributed by atoms with E-state index in [1.165, 1.54) is 6.08 Å². The van der Waals surface area contributed by atoms with Gasteiger partial charge < -0.3 is 9.47 Å². The number of ether oxygens (including phenoxy) is 2. The van der Waals surface area contributed by atoms with Crippen molar-refractivity contribution in [2.75, 3.05) is 12.0 Å². The molecule has 7 heteroatoms. The van der Waals surface area contributed by atoms with E-state index < -0.39 is 5.91 Å². The highest BCUT2D eigenvalue weighted by molar-refractivity contribution is 6.31. The number of aryl methyl sites for hydroxylation is 2. The van der Waals surface area contributed by atoms with Crippen LogP contribution in [0.5, 0.6) is 11.5 Å². The Labute approximate surface area is 192 Å². The monoisotopic (exact) mass is 449 g/mol. The maximum Gasteiger partial charge on any atom is 0.280 e. The number of carbonyl (C=O) groups is 1. The zero-order chi connectivity index (χ0) is 23.1. The Morgan fingerprint density at radius 1 is 1.09 bits per heavy atom.